The Hall–Kier alpha value is -2.00. The van der Waals surface area contributed by atoms with E-state index in [1.807, 2.05) is 6.07 Å². The molecule has 0 radical (unpaired) electrons. The molecule has 1 fully saturated rings. The van der Waals surface area contributed by atoms with Crippen molar-refractivity contribution in [1.29, 1.82) is 5.26 Å². The van der Waals surface area contributed by atoms with Crippen LogP contribution >= 0.6 is 11.8 Å². The summed E-state index contributed by atoms with van der Waals surface area (Å²) in [7, 11) is 0. The Balaban J connectivity index is 2.26. The van der Waals surface area contributed by atoms with Gasteiger partial charge in [-0.05, 0) is 18.2 Å². The molecular weight excluding hydrogens is 264 g/mol. The Kier molecular flexibility index (Phi) is 4.07. The predicted octanol–water partition coefficient (Wildman–Crippen LogP) is 1.20. The third-order valence-corrected chi connectivity index (χ3v) is 3.94. The van der Waals surface area contributed by atoms with Crippen molar-refractivity contribution < 1.29 is 14.7 Å². The summed E-state index contributed by atoms with van der Waals surface area (Å²) in [4.78, 5) is 24.9. The lowest BCUT2D eigenvalue weighted by atomic mass is 10.1. The first-order valence-electron chi connectivity index (χ1n) is 5.75. The summed E-state index contributed by atoms with van der Waals surface area (Å²) < 4.78 is 0. The Morgan fingerprint density at radius 1 is 1.47 bits per heavy atom. The van der Waals surface area contributed by atoms with Crippen LogP contribution in [0.15, 0.2) is 24.3 Å². The molecule has 6 heteroatoms. The molecule has 1 unspecified atom stereocenters. The fraction of sp³-hybridized carbons (Fsp3) is 0.308. The van der Waals surface area contributed by atoms with Crippen molar-refractivity contribution in [2.45, 2.75) is 6.04 Å². The van der Waals surface area contributed by atoms with E-state index in [2.05, 4.69) is 0 Å². The van der Waals surface area contributed by atoms with E-state index in [0.29, 0.717) is 23.4 Å². The molecule has 1 amide bonds. The summed E-state index contributed by atoms with van der Waals surface area (Å²) in [5, 5.41) is 18.0. The normalized spacial score (nSPS) is 18.7. The fourth-order valence-electron chi connectivity index (χ4n) is 1.94. The Morgan fingerprint density at radius 3 is 2.95 bits per heavy atom. The van der Waals surface area contributed by atoms with Gasteiger partial charge < -0.3 is 10.0 Å². The van der Waals surface area contributed by atoms with Gasteiger partial charge in [-0.2, -0.15) is 17.0 Å². The molecule has 0 aliphatic carbocycles. The molecule has 1 atom stereocenters. The number of thioether (sulfide) groups is 1. The molecule has 1 aromatic carbocycles. The van der Waals surface area contributed by atoms with Crippen LogP contribution in [0.1, 0.15) is 15.9 Å². The van der Waals surface area contributed by atoms with Crippen LogP contribution in [0, 0.1) is 11.3 Å². The van der Waals surface area contributed by atoms with Gasteiger partial charge in [-0.15, -0.1) is 0 Å². The van der Waals surface area contributed by atoms with Gasteiger partial charge in [0, 0.05) is 23.6 Å². The Labute approximate surface area is 114 Å². The molecule has 19 heavy (non-hydrogen) atoms. The van der Waals surface area contributed by atoms with Gasteiger partial charge in [-0.1, -0.05) is 6.07 Å². The highest BCUT2D eigenvalue weighted by molar-refractivity contribution is 7.99. The molecule has 1 aliphatic rings. The minimum atomic E-state index is -0.989. The van der Waals surface area contributed by atoms with Crippen molar-refractivity contribution in [3.8, 4) is 6.07 Å². The van der Waals surface area contributed by atoms with Crippen LogP contribution in [0.5, 0.6) is 0 Å². The van der Waals surface area contributed by atoms with Gasteiger partial charge in [0.2, 0.25) is 0 Å². The van der Waals surface area contributed by atoms with Crippen molar-refractivity contribution in [3.05, 3.63) is 35.4 Å². The number of benzene rings is 1. The van der Waals surface area contributed by atoms with E-state index in [1.54, 1.807) is 18.2 Å². The number of nitrogens with zero attached hydrogens (tertiary/aromatic N) is 2. The Bertz CT molecular complexity index is 553. The monoisotopic (exact) mass is 276 g/mol. The second-order valence-electron chi connectivity index (χ2n) is 4.12. The van der Waals surface area contributed by atoms with Crippen LogP contribution in [0.25, 0.3) is 0 Å². The van der Waals surface area contributed by atoms with E-state index in [-0.39, 0.29) is 5.91 Å². The molecule has 5 nitrogen and oxygen atoms in total. The molecule has 1 N–H and O–H groups in total. The molecule has 1 aliphatic heterocycles. The zero-order valence-corrected chi connectivity index (χ0v) is 10.9. The minimum absolute atomic E-state index is 0.329. The van der Waals surface area contributed by atoms with Crippen LogP contribution in [0.4, 0.5) is 0 Å². The van der Waals surface area contributed by atoms with Crippen LogP contribution in [0.3, 0.4) is 0 Å². The van der Waals surface area contributed by atoms with E-state index in [1.165, 1.54) is 22.7 Å². The zero-order chi connectivity index (χ0) is 13.8. The molecule has 0 saturated carbocycles. The number of carboxylic acid groups (broad SMARTS) is 1. The largest absolute Gasteiger partial charge is 0.480 e. The molecular formula is C13H12N2O3S. The average Bonchev–Trinajstić information content (AvgIpc) is 2.46. The lowest BCUT2D eigenvalue weighted by molar-refractivity contribution is -0.141. The number of amides is 1. The van der Waals surface area contributed by atoms with Crippen LogP contribution in [-0.2, 0) is 4.79 Å². The van der Waals surface area contributed by atoms with Crippen molar-refractivity contribution in [2.24, 2.45) is 0 Å². The number of hydrogen-bond acceptors (Lipinski definition) is 4. The van der Waals surface area contributed by atoms with E-state index >= 15 is 0 Å². The third-order valence-electron chi connectivity index (χ3n) is 2.91. The van der Waals surface area contributed by atoms with Gasteiger partial charge in [0.25, 0.3) is 5.91 Å². The number of carbonyl (C=O) groups is 2. The maximum Gasteiger partial charge on any atom is 0.327 e. The van der Waals surface area contributed by atoms with Crippen LogP contribution in [-0.4, -0.2) is 46.0 Å². The Morgan fingerprint density at radius 2 is 2.26 bits per heavy atom. The standard InChI is InChI=1S/C13H12N2O3S/c14-7-9-2-1-3-10(6-9)12(16)15-4-5-19-8-11(15)13(17)18/h1-3,6,11H,4-5,8H2,(H,17,18). The first-order chi connectivity index (χ1) is 9.13. The molecule has 2 rings (SSSR count). The first-order valence-corrected chi connectivity index (χ1v) is 6.90. The molecule has 98 valence electrons. The van der Waals surface area contributed by atoms with Crippen LogP contribution < -0.4 is 0 Å². The SMILES string of the molecule is N#Cc1cccc(C(=O)N2CCSCC2C(=O)O)c1. The second kappa shape index (κ2) is 5.76. The smallest absolute Gasteiger partial charge is 0.327 e. The minimum Gasteiger partial charge on any atom is -0.480 e. The van der Waals surface area contributed by atoms with Crippen molar-refractivity contribution in [2.75, 3.05) is 18.1 Å². The topological polar surface area (TPSA) is 81.4 Å². The van der Waals surface area contributed by atoms with Gasteiger partial charge in [0.15, 0.2) is 0 Å². The molecule has 1 aromatic rings. The molecule has 1 saturated heterocycles. The predicted molar refractivity (Wildman–Crippen MR) is 70.9 cm³/mol. The summed E-state index contributed by atoms with van der Waals surface area (Å²) in [6, 6.07) is 7.50. The second-order valence-corrected chi connectivity index (χ2v) is 5.27. The van der Waals surface area contributed by atoms with E-state index < -0.39 is 12.0 Å². The fourth-order valence-corrected chi connectivity index (χ4v) is 2.98. The molecule has 0 spiro atoms. The molecule has 0 bridgehead atoms. The quantitative estimate of drug-likeness (QED) is 0.877. The summed E-state index contributed by atoms with van der Waals surface area (Å²) in [5.41, 5.74) is 0.751. The highest BCUT2D eigenvalue weighted by Crippen LogP contribution is 2.19. The summed E-state index contributed by atoms with van der Waals surface area (Å²) in [6.07, 6.45) is 0. The molecule has 1 heterocycles. The van der Waals surface area contributed by atoms with E-state index in [4.69, 9.17) is 10.4 Å². The summed E-state index contributed by atoms with van der Waals surface area (Å²) in [6.45, 7) is 0.414. The number of rotatable bonds is 2. The highest BCUT2D eigenvalue weighted by Gasteiger charge is 2.32. The van der Waals surface area contributed by atoms with Crippen LogP contribution in [0.2, 0.25) is 0 Å². The molecule has 0 aromatic heterocycles. The lowest BCUT2D eigenvalue weighted by Crippen LogP contribution is -2.50. The van der Waals surface area contributed by atoms with Gasteiger partial charge in [0.1, 0.15) is 6.04 Å². The van der Waals surface area contributed by atoms with Gasteiger partial charge in [-0.3, -0.25) is 4.79 Å². The first kappa shape index (κ1) is 13.4. The lowest BCUT2D eigenvalue weighted by Gasteiger charge is -2.32. The number of aliphatic carboxylic acids is 1. The van der Waals surface area contributed by atoms with Crippen molar-refractivity contribution >= 4 is 23.6 Å². The third kappa shape index (κ3) is 2.88. The van der Waals surface area contributed by atoms with E-state index in [9.17, 15) is 9.59 Å². The number of carbonyl (C=O) groups excluding carboxylic acids is 1. The summed E-state index contributed by atoms with van der Waals surface area (Å²) >= 11 is 1.53. The number of hydrogen-bond donors (Lipinski definition) is 1. The maximum atomic E-state index is 12.3. The highest BCUT2D eigenvalue weighted by atomic mass is 32.2. The maximum absolute atomic E-state index is 12.3. The van der Waals surface area contributed by atoms with Crippen molar-refractivity contribution in [1.82, 2.24) is 4.90 Å². The van der Waals surface area contributed by atoms with Crippen molar-refractivity contribution in [3.63, 3.8) is 0 Å². The van der Waals surface area contributed by atoms with Gasteiger partial charge in [-0.25, -0.2) is 4.79 Å². The average molecular weight is 276 g/mol. The summed E-state index contributed by atoms with van der Waals surface area (Å²) in [5.74, 6) is -0.186. The zero-order valence-electron chi connectivity index (χ0n) is 10.1. The number of carboxylic acids is 1. The van der Waals surface area contributed by atoms with E-state index in [0.717, 1.165) is 5.75 Å². The number of nitriles is 1. The van der Waals surface area contributed by atoms with Gasteiger partial charge >= 0.3 is 5.97 Å². The van der Waals surface area contributed by atoms with Gasteiger partial charge in [0.05, 0.1) is 11.6 Å².